The second-order valence-corrected chi connectivity index (χ2v) is 9.80. The van der Waals surface area contributed by atoms with Crippen LogP contribution in [0.2, 0.25) is 0 Å². The van der Waals surface area contributed by atoms with Crippen LogP contribution in [0.1, 0.15) is 24.0 Å². The Bertz CT molecular complexity index is 987. The molecule has 1 unspecified atom stereocenters. The number of sulfonamides is 1. The SMILES string of the molecule is COc1ccc(S(=O)(=O)NC(Cc2ccccc2)C(=O)NC2CCN(C)CC2)cc1C. The Balaban J connectivity index is 1.79. The average molecular weight is 446 g/mol. The van der Waals surface area contributed by atoms with E-state index in [4.69, 9.17) is 4.74 Å². The van der Waals surface area contributed by atoms with Crippen LogP contribution in [0, 0.1) is 6.92 Å². The van der Waals surface area contributed by atoms with Gasteiger partial charge in [-0.2, -0.15) is 4.72 Å². The summed E-state index contributed by atoms with van der Waals surface area (Å²) in [5.74, 6) is 0.312. The average Bonchev–Trinajstić information content (AvgIpc) is 2.75. The van der Waals surface area contributed by atoms with Gasteiger partial charge in [0.2, 0.25) is 15.9 Å². The third-order valence-electron chi connectivity index (χ3n) is 5.64. The molecule has 0 aliphatic carbocycles. The zero-order valence-corrected chi connectivity index (χ0v) is 19.1. The smallest absolute Gasteiger partial charge is 0.241 e. The van der Waals surface area contributed by atoms with Crippen LogP contribution in [0.15, 0.2) is 53.4 Å². The summed E-state index contributed by atoms with van der Waals surface area (Å²) < 4.78 is 34.0. The summed E-state index contributed by atoms with van der Waals surface area (Å²) in [4.78, 5) is 15.4. The largest absolute Gasteiger partial charge is 0.496 e. The first-order chi connectivity index (χ1) is 14.8. The van der Waals surface area contributed by atoms with Gasteiger partial charge in [0.1, 0.15) is 11.8 Å². The molecule has 0 aromatic heterocycles. The van der Waals surface area contributed by atoms with Crippen molar-refractivity contribution >= 4 is 15.9 Å². The number of carbonyl (C=O) groups excluding carboxylic acids is 1. The number of nitrogens with zero attached hydrogens (tertiary/aromatic N) is 1. The van der Waals surface area contributed by atoms with E-state index in [1.165, 1.54) is 13.2 Å². The molecule has 0 saturated carbocycles. The van der Waals surface area contributed by atoms with E-state index in [0.717, 1.165) is 31.5 Å². The fraction of sp³-hybridized carbons (Fsp3) is 0.435. The van der Waals surface area contributed by atoms with Crippen LogP contribution in [-0.4, -0.2) is 58.6 Å². The highest BCUT2D eigenvalue weighted by molar-refractivity contribution is 7.89. The van der Waals surface area contributed by atoms with Gasteiger partial charge < -0.3 is 15.0 Å². The number of benzene rings is 2. The Morgan fingerprint density at radius 1 is 1.16 bits per heavy atom. The van der Waals surface area contributed by atoms with Crippen LogP contribution in [0.25, 0.3) is 0 Å². The number of nitrogens with one attached hydrogen (secondary N) is 2. The summed E-state index contributed by atoms with van der Waals surface area (Å²) >= 11 is 0. The molecule has 1 aliphatic heterocycles. The molecule has 1 fully saturated rings. The minimum Gasteiger partial charge on any atom is -0.496 e. The van der Waals surface area contributed by atoms with Crippen molar-refractivity contribution in [3.63, 3.8) is 0 Å². The molecule has 31 heavy (non-hydrogen) atoms. The highest BCUT2D eigenvalue weighted by Crippen LogP contribution is 2.22. The number of piperidine rings is 1. The molecule has 1 saturated heterocycles. The summed E-state index contributed by atoms with van der Waals surface area (Å²) in [5.41, 5.74) is 1.60. The van der Waals surface area contributed by atoms with Gasteiger partial charge in [0.25, 0.3) is 0 Å². The Hall–Kier alpha value is -2.42. The van der Waals surface area contributed by atoms with E-state index in [2.05, 4.69) is 22.0 Å². The molecule has 168 valence electrons. The summed E-state index contributed by atoms with van der Waals surface area (Å²) in [7, 11) is -0.300. The molecule has 1 aliphatic rings. The lowest BCUT2D eigenvalue weighted by Crippen LogP contribution is -2.52. The van der Waals surface area contributed by atoms with Crippen molar-refractivity contribution in [1.29, 1.82) is 0 Å². The fourth-order valence-corrected chi connectivity index (χ4v) is 5.05. The summed E-state index contributed by atoms with van der Waals surface area (Å²) in [5, 5.41) is 3.05. The molecule has 0 radical (unpaired) electrons. The maximum Gasteiger partial charge on any atom is 0.241 e. The fourth-order valence-electron chi connectivity index (χ4n) is 3.77. The molecule has 1 heterocycles. The van der Waals surface area contributed by atoms with Gasteiger partial charge in [-0.05, 0) is 75.6 Å². The van der Waals surface area contributed by atoms with Crippen LogP contribution >= 0.6 is 0 Å². The molecule has 1 amide bonds. The van der Waals surface area contributed by atoms with Crippen molar-refractivity contribution < 1.29 is 17.9 Å². The van der Waals surface area contributed by atoms with Gasteiger partial charge in [-0.3, -0.25) is 4.79 Å². The predicted octanol–water partition coefficient (Wildman–Crippen LogP) is 2.10. The van der Waals surface area contributed by atoms with Gasteiger partial charge in [0.15, 0.2) is 0 Å². The molecule has 1 atom stereocenters. The molecule has 3 rings (SSSR count). The Morgan fingerprint density at radius 3 is 2.45 bits per heavy atom. The number of carbonyl (C=O) groups is 1. The molecule has 0 bridgehead atoms. The summed E-state index contributed by atoms with van der Waals surface area (Å²) in [6.07, 6.45) is 1.98. The van der Waals surface area contributed by atoms with Crippen LogP contribution in [0.5, 0.6) is 5.75 Å². The number of hydrogen-bond acceptors (Lipinski definition) is 5. The summed E-state index contributed by atoms with van der Waals surface area (Å²) in [6.45, 7) is 3.60. The second-order valence-electron chi connectivity index (χ2n) is 8.08. The second kappa shape index (κ2) is 10.3. The molecule has 8 heteroatoms. The lowest BCUT2D eigenvalue weighted by Gasteiger charge is -2.30. The first-order valence-corrected chi connectivity index (χ1v) is 12.0. The van der Waals surface area contributed by atoms with E-state index in [-0.39, 0.29) is 23.3 Å². The maximum absolute atomic E-state index is 13.1. The van der Waals surface area contributed by atoms with Gasteiger partial charge in [-0.25, -0.2) is 8.42 Å². The predicted molar refractivity (Wildman–Crippen MR) is 121 cm³/mol. The van der Waals surface area contributed by atoms with Crippen molar-refractivity contribution in [2.45, 2.75) is 43.2 Å². The standard InChI is InChI=1S/C23H31N3O4S/c1-17-15-20(9-10-22(17)30-3)31(28,29)25-21(16-18-7-5-4-6-8-18)23(27)24-19-11-13-26(2)14-12-19/h4-10,15,19,21,25H,11-14,16H2,1-3H3,(H,24,27). The van der Waals surface area contributed by atoms with Crippen LogP contribution in [-0.2, 0) is 21.2 Å². The molecular weight excluding hydrogens is 414 g/mol. The van der Waals surface area contributed by atoms with Crippen LogP contribution < -0.4 is 14.8 Å². The van der Waals surface area contributed by atoms with Crippen molar-refractivity contribution in [3.8, 4) is 5.75 Å². The van der Waals surface area contributed by atoms with Gasteiger partial charge in [0, 0.05) is 6.04 Å². The molecular formula is C23H31N3O4S. The van der Waals surface area contributed by atoms with Crippen molar-refractivity contribution in [2.24, 2.45) is 0 Å². The minimum absolute atomic E-state index is 0.0507. The number of rotatable bonds is 8. The molecule has 7 nitrogen and oxygen atoms in total. The molecule has 2 aromatic carbocycles. The van der Waals surface area contributed by atoms with Crippen molar-refractivity contribution in [1.82, 2.24) is 14.9 Å². The van der Waals surface area contributed by atoms with E-state index in [9.17, 15) is 13.2 Å². The van der Waals surface area contributed by atoms with Crippen LogP contribution in [0.3, 0.4) is 0 Å². The number of ether oxygens (including phenoxy) is 1. The zero-order valence-electron chi connectivity index (χ0n) is 18.3. The van der Waals surface area contributed by atoms with Crippen molar-refractivity contribution in [3.05, 3.63) is 59.7 Å². The molecule has 0 spiro atoms. The topological polar surface area (TPSA) is 87.7 Å². The van der Waals surface area contributed by atoms with Gasteiger partial charge in [-0.1, -0.05) is 30.3 Å². The maximum atomic E-state index is 13.1. The highest BCUT2D eigenvalue weighted by atomic mass is 32.2. The van der Waals surface area contributed by atoms with E-state index in [1.807, 2.05) is 30.3 Å². The van der Waals surface area contributed by atoms with E-state index >= 15 is 0 Å². The summed E-state index contributed by atoms with van der Waals surface area (Å²) in [6, 6.07) is 13.2. The number of hydrogen-bond donors (Lipinski definition) is 2. The minimum atomic E-state index is -3.90. The monoisotopic (exact) mass is 445 g/mol. The number of likely N-dealkylation sites (tertiary alicyclic amines) is 1. The molecule has 2 N–H and O–H groups in total. The lowest BCUT2D eigenvalue weighted by molar-refractivity contribution is -0.123. The third-order valence-corrected chi connectivity index (χ3v) is 7.11. The number of aryl methyl sites for hydroxylation is 1. The van der Waals surface area contributed by atoms with E-state index < -0.39 is 16.1 Å². The van der Waals surface area contributed by atoms with Crippen LogP contribution in [0.4, 0.5) is 0 Å². The normalized spacial score (nSPS) is 16.6. The first-order valence-electron chi connectivity index (χ1n) is 10.5. The lowest BCUT2D eigenvalue weighted by atomic mass is 10.0. The molecule has 2 aromatic rings. The van der Waals surface area contributed by atoms with Gasteiger partial charge >= 0.3 is 0 Å². The van der Waals surface area contributed by atoms with E-state index in [0.29, 0.717) is 11.3 Å². The van der Waals surface area contributed by atoms with Crippen molar-refractivity contribution in [2.75, 3.05) is 27.2 Å². The Morgan fingerprint density at radius 2 is 1.84 bits per heavy atom. The third kappa shape index (κ3) is 6.29. The first kappa shape index (κ1) is 23.2. The van der Waals surface area contributed by atoms with Gasteiger partial charge in [-0.15, -0.1) is 0 Å². The zero-order chi connectivity index (χ0) is 22.4. The number of amides is 1. The van der Waals surface area contributed by atoms with Gasteiger partial charge in [0.05, 0.1) is 12.0 Å². The highest BCUT2D eigenvalue weighted by Gasteiger charge is 2.28. The Kier molecular flexibility index (Phi) is 7.69. The van der Waals surface area contributed by atoms with E-state index in [1.54, 1.807) is 19.1 Å². The quantitative estimate of drug-likeness (QED) is 0.650. The number of methoxy groups -OCH3 is 1. The Labute approximate surface area is 184 Å².